The minimum Gasteiger partial charge on any atom is -0.327 e. The number of unbranched alkanes of at least 4 members (excludes halogenated alkanes) is 7. The maximum Gasteiger partial charge on any atom is 0.285 e. The predicted molar refractivity (Wildman–Crippen MR) is 141 cm³/mol. The maximum atomic E-state index is 13.5. The molecule has 0 spiro atoms. The summed E-state index contributed by atoms with van der Waals surface area (Å²) in [6.07, 6.45) is 15.9. The Balaban J connectivity index is 2.79. The SMILES string of the molecule is CCCCCCCCC(CCCCCc1cc(F)cc(F)c1)C(OCCC)(OCCC)OCCC. The second-order valence-electron chi connectivity index (χ2n) is 9.78. The summed E-state index contributed by atoms with van der Waals surface area (Å²) in [5, 5.41) is 0. The van der Waals surface area contributed by atoms with Gasteiger partial charge in [-0.25, -0.2) is 8.78 Å². The molecule has 0 aromatic heterocycles. The smallest absolute Gasteiger partial charge is 0.285 e. The molecule has 0 N–H and O–H groups in total. The van der Waals surface area contributed by atoms with E-state index in [0.29, 0.717) is 26.2 Å². The van der Waals surface area contributed by atoms with Gasteiger partial charge in [0.05, 0.1) is 19.8 Å². The number of hydrogen-bond acceptors (Lipinski definition) is 3. The van der Waals surface area contributed by atoms with Gasteiger partial charge in [-0.05, 0) is 62.6 Å². The van der Waals surface area contributed by atoms with E-state index in [9.17, 15) is 8.78 Å². The summed E-state index contributed by atoms with van der Waals surface area (Å²) in [4.78, 5) is 0. The zero-order valence-electron chi connectivity index (χ0n) is 23.0. The molecule has 35 heavy (non-hydrogen) atoms. The van der Waals surface area contributed by atoms with E-state index in [1.54, 1.807) is 0 Å². The average Bonchev–Trinajstić information content (AvgIpc) is 2.84. The highest BCUT2D eigenvalue weighted by Gasteiger charge is 2.41. The first-order valence-corrected chi connectivity index (χ1v) is 14.4. The lowest BCUT2D eigenvalue weighted by Crippen LogP contribution is -2.47. The number of halogens is 2. The molecule has 0 bridgehead atoms. The minimum absolute atomic E-state index is 0.171. The van der Waals surface area contributed by atoms with Crippen LogP contribution in [-0.2, 0) is 20.6 Å². The fourth-order valence-electron chi connectivity index (χ4n) is 4.53. The van der Waals surface area contributed by atoms with E-state index in [0.717, 1.165) is 69.4 Å². The van der Waals surface area contributed by atoms with Gasteiger partial charge in [0, 0.05) is 12.0 Å². The van der Waals surface area contributed by atoms with Crippen LogP contribution in [0.25, 0.3) is 0 Å². The Morgan fingerprint density at radius 1 is 0.600 bits per heavy atom. The van der Waals surface area contributed by atoms with Crippen LogP contribution in [-0.4, -0.2) is 25.8 Å². The molecule has 0 heterocycles. The number of benzene rings is 1. The molecule has 0 saturated heterocycles. The molecule has 1 aromatic carbocycles. The molecule has 3 nitrogen and oxygen atoms in total. The first kappa shape index (κ1) is 32.0. The summed E-state index contributed by atoms with van der Waals surface area (Å²) in [7, 11) is 0. The van der Waals surface area contributed by atoms with Crippen molar-refractivity contribution < 1.29 is 23.0 Å². The van der Waals surface area contributed by atoms with Crippen LogP contribution in [0.5, 0.6) is 0 Å². The number of ether oxygens (including phenoxy) is 3. The van der Waals surface area contributed by atoms with E-state index in [4.69, 9.17) is 14.2 Å². The van der Waals surface area contributed by atoms with Gasteiger partial charge in [-0.2, -0.15) is 0 Å². The molecule has 1 rings (SSSR count). The highest BCUT2D eigenvalue weighted by Crippen LogP contribution is 2.35. The van der Waals surface area contributed by atoms with Crippen LogP contribution in [0.1, 0.15) is 123 Å². The van der Waals surface area contributed by atoms with Gasteiger partial charge in [-0.1, -0.05) is 79.1 Å². The van der Waals surface area contributed by atoms with E-state index >= 15 is 0 Å². The van der Waals surface area contributed by atoms with E-state index in [-0.39, 0.29) is 5.92 Å². The maximum absolute atomic E-state index is 13.5. The largest absolute Gasteiger partial charge is 0.327 e. The zero-order chi connectivity index (χ0) is 25.8. The monoisotopic (exact) mass is 498 g/mol. The van der Waals surface area contributed by atoms with Gasteiger partial charge >= 0.3 is 0 Å². The van der Waals surface area contributed by atoms with Crippen LogP contribution in [0, 0.1) is 17.6 Å². The van der Waals surface area contributed by atoms with E-state index in [1.165, 1.54) is 44.2 Å². The van der Waals surface area contributed by atoms with Crippen LogP contribution < -0.4 is 0 Å². The van der Waals surface area contributed by atoms with Gasteiger partial charge in [0.2, 0.25) is 0 Å². The summed E-state index contributed by atoms with van der Waals surface area (Å²) < 4.78 is 46.1. The molecular formula is C30H52F2O3. The molecule has 0 saturated carbocycles. The molecule has 0 fully saturated rings. The second-order valence-corrected chi connectivity index (χ2v) is 9.78. The lowest BCUT2D eigenvalue weighted by Gasteiger charge is -2.40. The third-order valence-corrected chi connectivity index (χ3v) is 6.37. The van der Waals surface area contributed by atoms with Crippen molar-refractivity contribution in [3.05, 3.63) is 35.4 Å². The molecule has 1 unspecified atom stereocenters. The molecule has 0 aliphatic carbocycles. The van der Waals surface area contributed by atoms with Gasteiger partial charge in [0.25, 0.3) is 5.97 Å². The van der Waals surface area contributed by atoms with Crippen molar-refractivity contribution in [1.29, 1.82) is 0 Å². The van der Waals surface area contributed by atoms with Gasteiger partial charge in [-0.15, -0.1) is 0 Å². The molecule has 0 aliphatic rings. The molecule has 0 aliphatic heterocycles. The third kappa shape index (κ3) is 13.7. The highest BCUT2D eigenvalue weighted by molar-refractivity contribution is 5.17. The van der Waals surface area contributed by atoms with Gasteiger partial charge in [0.1, 0.15) is 11.6 Å². The van der Waals surface area contributed by atoms with Crippen LogP contribution in [0.3, 0.4) is 0 Å². The Kier molecular flexibility index (Phi) is 18.3. The number of aryl methyl sites for hydroxylation is 1. The molecular weight excluding hydrogens is 446 g/mol. The van der Waals surface area contributed by atoms with Crippen molar-refractivity contribution in [2.75, 3.05) is 19.8 Å². The van der Waals surface area contributed by atoms with Crippen molar-refractivity contribution in [2.24, 2.45) is 5.92 Å². The zero-order valence-corrected chi connectivity index (χ0v) is 23.0. The molecule has 0 radical (unpaired) electrons. The Morgan fingerprint density at radius 3 is 1.54 bits per heavy atom. The Morgan fingerprint density at radius 2 is 1.06 bits per heavy atom. The van der Waals surface area contributed by atoms with Crippen molar-refractivity contribution >= 4 is 0 Å². The summed E-state index contributed by atoms with van der Waals surface area (Å²) in [5.41, 5.74) is 0.726. The fourth-order valence-corrected chi connectivity index (χ4v) is 4.53. The molecule has 204 valence electrons. The fraction of sp³-hybridized carbons (Fsp3) is 0.800. The Hall–Kier alpha value is -1.04. The predicted octanol–water partition coefficient (Wildman–Crippen LogP) is 9.37. The van der Waals surface area contributed by atoms with E-state index < -0.39 is 17.6 Å². The van der Waals surface area contributed by atoms with Crippen molar-refractivity contribution in [1.82, 2.24) is 0 Å². The van der Waals surface area contributed by atoms with Gasteiger partial charge in [0.15, 0.2) is 0 Å². The topological polar surface area (TPSA) is 27.7 Å². The quantitative estimate of drug-likeness (QED) is 0.111. The minimum atomic E-state index is -0.975. The Labute approximate surface area is 214 Å². The lowest BCUT2D eigenvalue weighted by atomic mass is 9.91. The Bertz CT molecular complexity index is 596. The third-order valence-electron chi connectivity index (χ3n) is 6.37. The van der Waals surface area contributed by atoms with Gasteiger partial charge < -0.3 is 14.2 Å². The van der Waals surface area contributed by atoms with Crippen LogP contribution in [0.15, 0.2) is 18.2 Å². The lowest BCUT2D eigenvalue weighted by molar-refractivity contribution is -0.406. The molecule has 5 heteroatoms. The average molecular weight is 499 g/mol. The normalized spacial score (nSPS) is 12.9. The van der Waals surface area contributed by atoms with E-state index in [1.807, 2.05) is 0 Å². The van der Waals surface area contributed by atoms with E-state index in [2.05, 4.69) is 27.7 Å². The molecule has 1 aromatic rings. The standard InChI is InChI=1S/C30H52F2O3/c1-5-9-10-11-12-15-18-27(30(33-20-6-2,34-21-7-3)35-22-8-4)19-16-13-14-17-26-23-28(31)25-29(32)24-26/h23-25,27H,5-22H2,1-4H3. The van der Waals surface area contributed by atoms with Crippen molar-refractivity contribution in [3.8, 4) is 0 Å². The number of rotatable bonds is 23. The second kappa shape index (κ2) is 20.1. The van der Waals surface area contributed by atoms with Crippen LogP contribution in [0.4, 0.5) is 8.78 Å². The molecule has 1 atom stereocenters. The van der Waals surface area contributed by atoms with Gasteiger partial charge in [-0.3, -0.25) is 0 Å². The summed E-state index contributed by atoms with van der Waals surface area (Å²) in [6.45, 7) is 10.4. The number of hydrogen-bond donors (Lipinski definition) is 0. The van der Waals surface area contributed by atoms with Crippen LogP contribution >= 0.6 is 0 Å². The molecule has 0 amide bonds. The first-order chi connectivity index (χ1) is 17.0. The summed E-state index contributed by atoms with van der Waals surface area (Å²) in [5.74, 6) is -1.81. The van der Waals surface area contributed by atoms with Crippen LogP contribution in [0.2, 0.25) is 0 Å². The summed E-state index contributed by atoms with van der Waals surface area (Å²) in [6, 6.07) is 3.80. The van der Waals surface area contributed by atoms with Crippen molar-refractivity contribution in [2.45, 2.75) is 130 Å². The summed E-state index contributed by atoms with van der Waals surface area (Å²) >= 11 is 0. The highest BCUT2D eigenvalue weighted by atomic mass is 19.1. The first-order valence-electron chi connectivity index (χ1n) is 14.4. The van der Waals surface area contributed by atoms with Crippen molar-refractivity contribution in [3.63, 3.8) is 0 Å².